The summed E-state index contributed by atoms with van der Waals surface area (Å²) >= 11 is 1.64. The SMILES string of the molecule is CSc1cccc(Nc2ncnc3ccc([N+](=O)[O-])cc23)c1. The van der Waals surface area contributed by atoms with Crippen molar-refractivity contribution in [3.05, 3.63) is 58.9 Å². The van der Waals surface area contributed by atoms with Crippen LogP contribution in [0.25, 0.3) is 10.9 Å². The van der Waals surface area contributed by atoms with Crippen molar-refractivity contribution < 1.29 is 4.92 Å². The molecule has 0 spiro atoms. The van der Waals surface area contributed by atoms with Crippen LogP contribution in [0.15, 0.2) is 53.7 Å². The van der Waals surface area contributed by atoms with Crippen LogP contribution in [-0.2, 0) is 0 Å². The number of nitrogens with one attached hydrogen (secondary N) is 1. The highest BCUT2D eigenvalue weighted by molar-refractivity contribution is 7.98. The fourth-order valence-electron chi connectivity index (χ4n) is 2.10. The molecule has 0 bridgehead atoms. The minimum atomic E-state index is -0.426. The Morgan fingerprint density at radius 3 is 2.82 bits per heavy atom. The number of non-ortho nitro benzene ring substituents is 1. The van der Waals surface area contributed by atoms with Gasteiger partial charge in [0.1, 0.15) is 12.1 Å². The van der Waals surface area contributed by atoms with Gasteiger partial charge in [0.2, 0.25) is 0 Å². The molecule has 110 valence electrons. The third-order valence-electron chi connectivity index (χ3n) is 3.16. The Morgan fingerprint density at radius 1 is 1.18 bits per heavy atom. The molecule has 3 rings (SSSR count). The highest BCUT2D eigenvalue weighted by atomic mass is 32.2. The molecule has 0 aliphatic rings. The predicted octanol–water partition coefficient (Wildman–Crippen LogP) is 4.00. The molecule has 3 aromatic rings. The molecule has 0 aliphatic heterocycles. The zero-order chi connectivity index (χ0) is 15.5. The molecule has 2 aromatic carbocycles. The number of rotatable bonds is 4. The van der Waals surface area contributed by atoms with Crippen LogP contribution in [0.2, 0.25) is 0 Å². The highest BCUT2D eigenvalue weighted by Crippen LogP contribution is 2.27. The van der Waals surface area contributed by atoms with E-state index in [1.807, 2.05) is 30.5 Å². The van der Waals surface area contributed by atoms with Crippen LogP contribution in [0, 0.1) is 10.1 Å². The summed E-state index contributed by atoms with van der Waals surface area (Å²) in [6.07, 6.45) is 3.44. The lowest BCUT2D eigenvalue weighted by Gasteiger charge is -2.09. The fraction of sp³-hybridized carbons (Fsp3) is 0.0667. The zero-order valence-corrected chi connectivity index (χ0v) is 12.5. The smallest absolute Gasteiger partial charge is 0.270 e. The van der Waals surface area contributed by atoms with Crippen molar-refractivity contribution >= 4 is 39.9 Å². The number of fused-ring (bicyclic) bond motifs is 1. The Labute approximate surface area is 130 Å². The van der Waals surface area contributed by atoms with E-state index in [0.29, 0.717) is 16.7 Å². The Balaban J connectivity index is 2.05. The van der Waals surface area contributed by atoms with Gasteiger partial charge in [0.15, 0.2) is 0 Å². The Morgan fingerprint density at radius 2 is 2.05 bits per heavy atom. The minimum Gasteiger partial charge on any atom is -0.340 e. The number of hydrogen-bond acceptors (Lipinski definition) is 6. The van der Waals surface area contributed by atoms with E-state index in [1.54, 1.807) is 17.8 Å². The molecule has 0 aliphatic carbocycles. The van der Waals surface area contributed by atoms with E-state index >= 15 is 0 Å². The van der Waals surface area contributed by atoms with Gasteiger partial charge in [0.25, 0.3) is 5.69 Å². The van der Waals surface area contributed by atoms with E-state index in [4.69, 9.17) is 0 Å². The monoisotopic (exact) mass is 312 g/mol. The summed E-state index contributed by atoms with van der Waals surface area (Å²) in [5.74, 6) is 0.548. The fourth-order valence-corrected chi connectivity index (χ4v) is 2.55. The summed E-state index contributed by atoms with van der Waals surface area (Å²) in [5, 5.41) is 14.8. The Kier molecular flexibility index (Phi) is 3.88. The van der Waals surface area contributed by atoms with E-state index in [2.05, 4.69) is 15.3 Å². The lowest BCUT2D eigenvalue weighted by molar-refractivity contribution is -0.384. The largest absolute Gasteiger partial charge is 0.340 e. The van der Waals surface area contributed by atoms with E-state index < -0.39 is 4.92 Å². The lowest BCUT2D eigenvalue weighted by atomic mass is 10.2. The molecule has 0 saturated heterocycles. The van der Waals surface area contributed by atoms with Crippen LogP contribution in [0.5, 0.6) is 0 Å². The van der Waals surface area contributed by atoms with E-state index in [0.717, 1.165) is 10.6 Å². The first-order valence-corrected chi connectivity index (χ1v) is 7.70. The molecule has 6 nitrogen and oxygen atoms in total. The normalized spacial score (nSPS) is 10.6. The van der Waals surface area contributed by atoms with Crippen molar-refractivity contribution in [3.8, 4) is 0 Å². The Bertz CT molecular complexity index is 854. The van der Waals surface area contributed by atoms with Gasteiger partial charge in [-0.15, -0.1) is 11.8 Å². The van der Waals surface area contributed by atoms with Crippen molar-refractivity contribution in [2.45, 2.75) is 4.90 Å². The molecule has 0 amide bonds. The maximum absolute atomic E-state index is 10.9. The molecular formula is C15H12N4O2S. The number of nitro groups is 1. The molecule has 0 unspecified atom stereocenters. The number of benzene rings is 2. The first kappa shape index (κ1) is 14.3. The van der Waals surface area contributed by atoms with Crippen LogP contribution in [0.4, 0.5) is 17.2 Å². The molecule has 1 heterocycles. The molecule has 1 N–H and O–H groups in total. The molecule has 0 saturated carbocycles. The second-order valence-corrected chi connectivity index (χ2v) is 5.42. The number of anilines is 2. The van der Waals surface area contributed by atoms with Crippen LogP contribution < -0.4 is 5.32 Å². The maximum Gasteiger partial charge on any atom is 0.270 e. The average Bonchev–Trinajstić information content (AvgIpc) is 2.55. The number of aromatic nitrogens is 2. The van der Waals surface area contributed by atoms with Gasteiger partial charge in [0, 0.05) is 28.1 Å². The van der Waals surface area contributed by atoms with Gasteiger partial charge in [-0.2, -0.15) is 0 Å². The molecule has 0 radical (unpaired) electrons. The van der Waals surface area contributed by atoms with Crippen molar-refractivity contribution in [2.24, 2.45) is 0 Å². The third-order valence-corrected chi connectivity index (χ3v) is 3.89. The van der Waals surface area contributed by atoms with Crippen molar-refractivity contribution in [2.75, 3.05) is 11.6 Å². The van der Waals surface area contributed by atoms with Crippen LogP contribution in [0.3, 0.4) is 0 Å². The first-order chi connectivity index (χ1) is 10.7. The van der Waals surface area contributed by atoms with Crippen molar-refractivity contribution in [3.63, 3.8) is 0 Å². The Hall–Kier alpha value is -2.67. The maximum atomic E-state index is 10.9. The van der Waals surface area contributed by atoms with Gasteiger partial charge in [0.05, 0.1) is 10.4 Å². The van der Waals surface area contributed by atoms with Crippen molar-refractivity contribution in [1.29, 1.82) is 0 Å². The van der Waals surface area contributed by atoms with Gasteiger partial charge >= 0.3 is 0 Å². The van der Waals surface area contributed by atoms with Gasteiger partial charge < -0.3 is 5.32 Å². The van der Waals surface area contributed by atoms with Gasteiger partial charge in [-0.05, 0) is 30.5 Å². The number of nitro benzene ring substituents is 1. The number of nitrogens with zero attached hydrogens (tertiary/aromatic N) is 3. The molecular weight excluding hydrogens is 300 g/mol. The molecule has 7 heteroatoms. The first-order valence-electron chi connectivity index (χ1n) is 6.47. The molecule has 0 atom stereocenters. The predicted molar refractivity (Wildman–Crippen MR) is 87.7 cm³/mol. The lowest BCUT2D eigenvalue weighted by Crippen LogP contribution is -1.97. The summed E-state index contributed by atoms with van der Waals surface area (Å²) in [6.45, 7) is 0. The summed E-state index contributed by atoms with van der Waals surface area (Å²) in [5.41, 5.74) is 1.55. The van der Waals surface area contributed by atoms with Gasteiger partial charge in [-0.1, -0.05) is 6.07 Å². The number of thioether (sulfide) groups is 1. The number of hydrogen-bond donors (Lipinski definition) is 1. The van der Waals surface area contributed by atoms with E-state index in [1.165, 1.54) is 18.5 Å². The third kappa shape index (κ3) is 2.84. The van der Waals surface area contributed by atoms with Gasteiger partial charge in [-0.3, -0.25) is 10.1 Å². The molecule has 0 fully saturated rings. The second-order valence-electron chi connectivity index (χ2n) is 4.54. The van der Waals surface area contributed by atoms with Crippen LogP contribution in [-0.4, -0.2) is 21.1 Å². The highest BCUT2D eigenvalue weighted by Gasteiger charge is 2.11. The minimum absolute atomic E-state index is 0.0169. The zero-order valence-electron chi connectivity index (χ0n) is 11.7. The molecule has 1 aromatic heterocycles. The van der Waals surface area contributed by atoms with Gasteiger partial charge in [-0.25, -0.2) is 9.97 Å². The van der Waals surface area contributed by atoms with Crippen LogP contribution >= 0.6 is 11.8 Å². The van der Waals surface area contributed by atoms with E-state index in [-0.39, 0.29) is 5.69 Å². The summed E-state index contributed by atoms with van der Waals surface area (Å²) < 4.78 is 0. The summed E-state index contributed by atoms with van der Waals surface area (Å²) in [4.78, 5) is 20.0. The second kappa shape index (κ2) is 5.98. The van der Waals surface area contributed by atoms with Crippen molar-refractivity contribution in [1.82, 2.24) is 9.97 Å². The average molecular weight is 312 g/mol. The molecule has 22 heavy (non-hydrogen) atoms. The quantitative estimate of drug-likeness (QED) is 0.445. The summed E-state index contributed by atoms with van der Waals surface area (Å²) in [7, 11) is 0. The topological polar surface area (TPSA) is 81.0 Å². The van der Waals surface area contributed by atoms with Crippen LogP contribution in [0.1, 0.15) is 0 Å². The summed E-state index contributed by atoms with van der Waals surface area (Å²) in [6, 6.07) is 12.4. The van der Waals surface area contributed by atoms with E-state index in [9.17, 15) is 10.1 Å². The standard InChI is InChI=1S/C15H12N4O2S/c1-22-12-4-2-3-10(7-12)18-15-13-8-11(19(20)21)5-6-14(13)16-9-17-15/h2-9H,1H3,(H,16,17,18).